The summed E-state index contributed by atoms with van der Waals surface area (Å²) in [5.41, 5.74) is -2.55. The Bertz CT molecular complexity index is 1150. The molecule has 32 heavy (non-hydrogen) atoms. The van der Waals surface area contributed by atoms with Gasteiger partial charge in [-0.15, -0.1) is 0 Å². The van der Waals surface area contributed by atoms with Crippen LogP contribution in [0.3, 0.4) is 0 Å². The van der Waals surface area contributed by atoms with Gasteiger partial charge in [0.25, 0.3) is 11.8 Å². The summed E-state index contributed by atoms with van der Waals surface area (Å²) < 4.78 is 55.7. The van der Waals surface area contributed by atoms with Crippen LogP contribution in [0.1, 0.15) is 40.7 Å². The lowest BCUT2D eigenvalue weighted by Crippen LogP contribution is -2.54. The molecule has 6 nitrogen and oxygen atoms in total. The largest absolute Gasteiger partial charge is 0.418 e. The molecular formula is C22H18F4N4O2. The molecule has 0 radical (unpaired) electrons. The first-order chi connectivity index (χ1) is 15.1. The maximum Gasteiger partial charge on any atom is 0.418 e. The number of hydrogen-bond donors (Lipinski definition) is 1. The monoisotopic (exact) mass is 446 g/mol. The minimum atomic E-state index is -4.77. The molecule has 1 aliphatic heterocycles. The number of amides is 2. The van der Waals surface area contributed by atoms with E-state index in [4.69, 9.17) is 5.26 Å². The number of nitrogens with zero attached hydrogens (tertiary/aromatic N) is 3. The minimum Gasteiger partial charge on any atom is -0.355 e. The van der Waals surface area contributed by atoms with E-state index in [0.717, 1.165) is 23.1 Å². The highest BCUT2D eigenvalue weighted by Gasteiger charge is 2.57. The molecule has 1 N–H and O–H groups in total. The van der Waals surface area contributed by atoms with Gasteiger partial charge in [0.2, 0.25) is 0 Å². The van der Waals surface area contributed by atoms with Crippen LogP contribution in [-0.4, -0.2) is 31.1 Å². The van der Waals surface area contributed by atoms with Crippen LogP contribution in [0.25, 0.3) is 0 Å². The Morgan fingerprint density at radius 1 is 1.19 bits per heavy atom. The number of nitrogens with one attached hydrogen (secondary N) is 1. The Morgan fingerprint density at radius 3 is 2.44 bits per heavy atom. The van der Waals surface area contributed by atoms with Gasteiger partial charge in [-0.05, 0) is 55.7 Å². The first-order valence-electron chi connectivity index (χ1n) is 9.85. The molecule has 2 aromatic rings. The molecule has 1 heterocycles. The first-order valence-corrected chi connectivity index (χ1v) is 9.85. The Hall–Kier alpha value is -3.61. The average Bonchev–Trinajstić information content (AvgIpc) is 3.05. The van der Waals surface area contributed by atoms with Gasteiger partial charge < -0.3 is 10.2 Å². The number of nitriles is 1. The zero-order valence-electron chi connectivity index (χ0n) is 17.0. The summed E-state index contributed by atoms with van der Waals surface area (Å²) in [5.74, 6) is -1.91. The topological polar surface area (TPSA) is 76.4 Å². The summed E-state index contributed by atoms with van der Waals surface area (Å²) in [6, 6.07) is 8.62. The maximum absolute atomic E-state index is 14.6. The molecule has 1 aliphatic carbocycles. The van der Waals surface area contributed by atoms with Gasteiger partial charge in [0.15, 0.2) is 0 Å². The minimum absolute atomic E-state index is 0.171. The fraction of sp³-hybridized carbons (Fsp3) is 0.318. The van der Waals surface area contributed by atoms with Crippen molar-refractivity contribution < 1.29 is 27.2 Å². The number of halogens is 4. The SMILES string of the molecule is CNC(=O)c1ccc(N2CN(c3ccc(C#N)cc3C(F)(F)F)C(=O)C23CCC3)cc1F. The normalized spacial score (nSPS) is 17.3. The summed E-state index contributed by atoms with van der Waals surface area (Å²) in [6.45, 7) is -0.216. The fourth-order valence-corrected chi connectivity index (χ4v) is 4.28. The van der Waals surface area contributed by atoms with Crippen LogP contribution in [-0.2, 0) is 11.0 Å². The molecular weight excluding hydrogens is 428 g/mol. The summed E-state index contributed by atoms with van der Waals surface area (Å²) >= 11 is 0. The molecule has 2 fully saturated rings. The van der Waals surface area contributed by atoms with Crippen molar-refractivity contribution in [3.63, 3.8) is 0 Å². The molecule has 1 spiro atoms. The van der Waals surface area contributed by atoms with E-state index in [-0.39, 0.29) is 23.5 Å². The zero-order valence-corrected chi connectivity index (χ0v) is 17.0. The molecule has 2 amide bonds. The van der Waals surface area contributed by atoms with Gasteiger partial charge in [-0.25, -0.2) is 4.39 Å². The molecule has 1 saturated carbocycles. The maximum atomic E-state index is 14.6. The predicted molar refractivity (Wildman–Crippen MR) is 107 cm³/mol. The summed E-state index contributed by atoms with van der Waals surface area (Å²) in [5, 5.41) is 11.3. The van der Waals surface area contributed by atoms with Gasteiger partial charge >= 0.3 is 6.18 Å². The first kappa shape index (κ1) is 21.6. The number of rotatable bonds is 3. The summed E-state index contributed by atoms with van der Waals surface area (Å²) in [7, 11) is 1.37. The van der Waals surface area contributed by atoms with Crippen LogP contribution < -0.4 is 15.1 Å². The molecule has 2 aromatic carbocycles. The van der Waals surface area contributed by atoms with Crippen molar-refractivity contribution >= 4 is 23.2 Å². The zero-order chi connectivity index (χ0) is 23.3. The van der Waals surface area contributed by atoms with Gasteiger partial charge in [0.05, 0.1) is 35.1 Å². The van der Waals surface area contributed by atoms with Crippen LogP contribution in [0.15, 0.2) is 36.4 Å². The van der Waals surface area contributed by atoms with E-state index in [1.807, 2.05) is 0 Å². The molecule has 0 aromatic heterocycles. The molecule has 2 aliphatic rings. The van der Waals surface area contributed by atoms with E-state index >= 15 is 0 Å². The molecule has 1 saturated heterocycles. The Balaban J connectivity index is 1.77. The smallest absolute Gasteiger partial charge is 0.355 e. The van der Waals surface area contributed by atoms with Crippen molar-refractivity contribution in [2.75, 3.05) is 23.5 Å². The lowest BCUT2D eigenvalue weighted by atomic mass is 9.75. The molecule has 166 valence electrons. The van der Waals surface area contributed by atoms with Crippen LogP contribution in [0.2, 0.25) is 0 Å². The van der Waals surface area contributed by atoms with Crippen molar-refractivity contribution in [2.24, 2.45) is 0 Å². The lowest BCUT2D eigenvalue weighted by Gasteiger charge is -2.43. The number of hydrogen-bond acceptors (Lipinski definition) is 4. The Labute approximate surface area is 181 Å². The van der Waals surface area contributed by atoms with Crippen molar-refractivity contribution in [1.29, 1.82) is 5.26 Å². The number of anilines is 2. The Morgan fingerprint density at radius 2 is 1.91 bits per heavy atom. The number of benzene rings is 2. The number of carbonyl (C=O) groups is 2. The molecule has 10 heteroatoms. The van der Waals surface area contributed by atoms with Gasteiger partial charge in [0, 0.05) is 12.7 Å². The van der Waals surface area contributed by atoms with E-state index < -0.39 is 34.9 Å². The van der Waals surface area contributed by atoms with Gasteiger partial charge in [-0.1, -0.05) is 0 Å². The van der Waals surface area contributed by atoms with Gasteiger partial charge in [-0.2, -0.15) is 18.4 Å². The highest BCUT2D eigenvalue weighted by Crippen LogP contribution is 2.48. The van der Waals surface area contributed by atoms with Gasteiger partial charge in [0.1, 0.15) is 11.4 Å². The van der Waals surface area contributed by atoms with Crippen LogP contribution in [0.4, 0.5) is 28.9 Å². The highest BCUT2D eigenvalue weighted by molar-refractivity contribution is 6.07. The van der Waals surface area contributed by atoms with E-state index in [2.05, 4.69) is 5.32 Å². The van der Waals surface area contributed by atoms with E-state index in [1.165, 1.54) is 25.2 Å². The summed E-state index contributed by atoms with van der Waals surface area (Å²) in [6.07, 6.45) is -3.24. The molecule has 4 rings (SSSR count). The number of carbonyl (C=O) groups excluding carboxylic acids is 2. The second-order valence-corrected chi connectivity index (χ2v) is 7.77. The third kappa shape index (κ3) is 3.25. The van der Waals surface area contributed by atoms with Crippen LogP contribution in [0.5, 0.6) is 0 Å². The molecule has 0 unspecified atom stereocenters. The third-order valence-electron chi connectivity index (χ3n) is 6.08. The summed E-state index contributed by atoms with van der Waals surface area (Å²) in [4.78, 5) is 27.7. The highest BCUT2D eigenvalue weighted by atomic mass is 19.4. The molecule has 0 atom stereocenters. The van der Waals surface area contributed by atoms with Crippen molar-refractivity contribution in [3.8, 4) is 6.07 Å². The fourth-order valence-electron chi connectivity index (χ4n) is 4.28. The number of alkyl halides is 3. The van der Waals surface area contributed by atoms with E-state index in [1.54, 1.807) is 11.0 Å². The second kappa shape index (κ2) is 7.51. The van der Waals surface area contributed by atoms with Crippen molar-refractivity contribution in [2.45, 2.75) is 31.0 Å². The van der Waals surface area contributed by atoms with Crippen molar-refractivity contribution in [3.05, 3.63) is 58.9 Å². The van der Waals surface area contributed by atoms with Crippen molar-refractivity contribution in [1.82, 2.24) is 5.32 Å². The second-order valence-electron chi connectivity index (χ2n) is 7.77. The standard InChI is InChI=1S/C22H18F4N4O2/c1-28-19(31)15-5-4-14(10-17(15)23)30-12-29(20(32)21(30)7-2-8-21)18-6-3-13(11-27)9-16(18)22(24,25)26/h3-6,9-10H,2,7-8,12H2,1H3,(H,28,31). The Kier molecular flexibility index (Phi) is 5.07. The quantitative estimate of drug-likeness (QED) is 0.728. The van der Waals surface area contributed by atoms with E-state index in [0.29, 0.717) is 24.9 Å². The predicted octanol–water partition coefficient (Wildman–Crippen LogP) is 3.81. The van der Waals surface area contributed by atoms with Crippen LogP contribution >= 0.6 is 0 Å². The molecule has 0 bridgehead atoms. The average molecular weight is 446 g/mol. The third-order valence-corrected chi connectivity index (χ3v) is 6.08. The van der Waals surface area contributed by atoms with Gasteiger partial charge in [-0.3, -0.25) is 14.5 Å². The van der Waals surface area contributed by atoms with E-state index in [9.17, 15) is 27.2 Å². The lowest BCUT2D eigenvalue weighted by molar-refractivity contribution is -0.137. The van der Waals surface area contributed by atoms with Crippen LogP contribution in [0, 0.1) is 17.1 Å².